The first-order valence-electron chi connectivity index (χ1n) is 12.0. The van der Waals surface area contributed by atoms with Gasteiger partial charge in [-0.2, -0.15) is 4.31 Å². The zero-order valence-electron chi connectivity index (χ0n) is 20.0. The first kappa shape index (κ1) is 24.4. The number of aromatic amines is 1. The molecule has 10 nitrogen and oxygen atoms in total. The Labute approximate surface area is 209 Å². The molecule has 0 bridgehead atoms. The molecule has 3 heterocycles. The maximum atomic E-state index is 13.3. The maximum Gasteiger partial charge on any atom is 0.303 e. The van der Waals surface area contributed by atoms with Gasteiger partial charge >= 0.3 is 5.97 Å². The van der Waals surface area contributed by atoms with Crippen molar-refractivity contribution in [3.05, 3.63) is 46.3 Å². The molecule has 2 aromatic rings. The van der Waals surface area contributed by atoms with Crippen LogP contribution in [0.1, 0.15) is 52.1 Å². The fraction of sp³-hybridized carbons (Fsp3) is 0.400. The van der Waals surface area contributed by atoms with Gasteiger partial charge in [0, 0.05) is 67.2 Å². The van der Waals surface area contributed by atoms with Gasteiger partial charge in [-0.3, -0.25) is 14.4 Å². The molecule has 3 aliphatic rings. The smallest absolute Gasteiger partial charge is 0.303 e. The second-order valence-corrected chi connectivity index (χ2v) is 11.4. The van der Waals surface area contributed by atoms with Gasteiger partial charge in [-0.25, -0.2) is 8.42 Å². The van der Waals surface area contributed by atoms with E-state index < -0.39 is 16.0 Å². The molecule has 5 rings (SSSR count). The summed E-state index contributed by atoms with van der Waals surface area (Å²) in [5.41, 5.74) is 3.61. The SMILES string of the molecule is CN1CCN(S(=O)(=O)c2ccc3c(c2)/C(=C/c2[nH]c4c(c2CCC(=O)O)C(=O)CCC4)C(=O)N3)CC1. The summed E-state index contributed by atoms with van der Waals surface area (Å²) in [4.78, 5) is 42.2. The van der Waals surface area contributed by atoms with Crippen LogP contribution in [0.5, 0.6) is 0 Å². The number of hydrogen-bond donors (Lipinski definition) is 3. The molecule has 1 fully saturated rings. The number of aliphatic carboxylic acids is 1. The van der Waals surface area contributed by atoms with Crippen LogP contribution in [0.3, 0.4) is 0 Å². The third-order valence-electron chi connectivity index (χ3n) is 7.08. The Morgan fingerprint density at radius 1 is 1.14 bits per heavy atom. The van der Waals surface area contributed by atoms with Crippen LogP contribution >= 0.6 is 0 Å². The van der Waals surface area contributed by atoms with Gasteiger partial charge in [-0.15, -0.1) is 0 Å². The third-order valence-corrected chi connectivity index (χ3v) is 8.97. The quantitative estimate of drug-likeness (QED) is 0.503. The van der Waals surface area contributed by atoms with Crippen molar-refractivity contribution < 1.29 is 27.9 Å². The number of piperazine rings is 1. The topological polar surface area (TPSA) is 140 Å². The van der Waals surface area contributed by atoms with Crippen molar-refractivity contribution in [1.29, 1.82) is 0 Å². The molecular weight excluding hydrogens is 484 g/mol. The number of benzene rings is 1. The second kappa shape index (κ2) is 9.30. The molecule has 0 unspecified atom stereocenters. The lowest BCUT2D eigenvalue weighted by Gasteiger charge is -2.31. The number of nitrogens with one attached hydrogen (secondary N) is 2. The maximum absolute atomic E-state index is 13.3. The average molecular weight is 513 g/mol. The van der Waals surface area contributed by atoms with E-state index in [0.717, 1.165) is 5.69 Å². The summed E-state index contributed by atoms with van der Waals surface area (Å²) in [6.45, 7) is 2.07. The number of nitrogens with zero attached hydrogens (tertiary/aromatic N) is 2. The number of amides is 1. The summed E-state index contributed by atoms with van der Waals surface area (Å²) in [5, 5.41) is 12.0. The van der Waals surface area contributed by atoms with Crippen LogP contribution in [0.2, 0.25) is 0 Å². The minimum Gasteiger partial charge on any atom is -0.481 e. The van der Waals surface area contributed by atoms with Crippen LogP contribution in [0.15, 0.2) is 23.1 Å². The number of aromatic nitrogens is 1. The molecule has 36 heavy (non-hydrogen) atoms. The Balaban J connectivity index is 1.55. The number of aryl methyl sites for hydroxylation is 1. The lowest BCUT2D eigenvalue weighted by atomic mass is 9.91. The number of likely N-dealkylation sites (N-methyl/N-ethyl adjacent to an activating group) is 1. The fourth-order valence-corrected chi connectivity index (χ4v) is 6.55. The highest BCUT2D eigenvalue weighted by Gasteiger charge is 2.32. The number of sulfonamides is 1. The largest absolute Gasteiger partial charge is 0.481 e. The van der Waals surface area contributed by atoms with Gasteiger partial charge in [0.15, 0.2) is 5.78 Å². The number of carboxylic acid groups (broad SMARTS) is 1. The first-order chi connectivity index (χ1) is 17.1. The monoisotopic (exact) mass is 512 g/mol. The molecular formula is C25H28N4O6S. The lowest BCUT2D eigenvalue weighted by molar-refractivity contribution is -0.137. The number of Topliss-reactive ketones (excluding diaryl/α,β-unsaturated/α-hetero) is 1. The number of carboxylic acids is 1. The second-order valence-electron chi connectivity index (χ2n) is 9.47. The molecule has 190 valence electrons. The van der Waals surface area contributed by atoms with Crippen molar-refractivity contribution in [2.75, 3.05) is 38.5 Å². The van der Waals surface area contributed by atoms with Crippen molar-refractivity contribution in [2.45, 2.75) is 37.0 Å². The van der Waals surface area contributed by atoms with Crippen molar-refractivity contribution in [1.82, 2.24) is 14.2 Å². The number of carbonyl (C=O) groups is 3. The summed E-state index contributed by atoms with van der Waals surface area (Å²) in [6.07, 6.45) is 3.38. The van der Waals surface area contributed by atoms with Gasteiger partial charge in [-0.05, 0) is 56.1 Å². The molecule has 3 N–H and O–H groups in total. The molecule has 2 aliphatic heterocycles. The Morgan fingerprint density at radius 2 is 1.89 bits per heavy atom. The van der Waals surface area contributed by atoms with Crippen LogP contribution in [0.4, 0.5) is 5.69 Å². The number of hydrogen-bond acceptors (Lipinski definition) is 6. The Morgan fingerprint density at radius 3 is 2.61 bits per heavy atom. The van der Waals surface area contributed by atoms with Crippen LogP contribution < -0.4 is 5.32 Å². The van der Waals surface area contributed by atoms with E-state index >= 15 is 0 Å². The van der Waals surface area contributed by atoms with Gasteiger partial charge in [-0.1, -0.05) is 0 Å². The highest BCUT2D eigenvalue weighted by molar-refractivity contribution is 7.89. The third kappa shape index (κ3) is 4.38. The number of anilines is 1. The van der Waals surface area contributed by atoms with Crippen LogP contribution in [0.25, 0.3) is 11.6 Å². The van der Waals surface area contributed by atoms with Crippen molar-refractivity contribution in [3.8, 4) is 0 Å². The predicted molar refractivity (Wildman–Crippen MR) is 133 cm³/mol. The molecule has 0 atom stereocenters. The van der Waals surface area contributed by atoms with Crippen molar-refractivity contribution in [3.63, 3.8) is 0 Å². The Bertz CT molecular complexity index is 1400. The van der Waals surface area contributed by atoms with Gasteiger partial charge in [0.1, 0.15) is 0 Å². The summed E-state index contributed by atoms with van der Waals surface area (Å²) < 4.78 is 28.0. The zero-order valence-corrected chi connectivity index (χ0v) is 20.8. The summed E-state index contributed by atoms with van der Waals surface area (Å²) in [7, 11) is -1.79. The van der Waals surface area contributed by atoms with Crippen LogP contribution in [0, 0.1) is 0 Å². The van der Waals surface area contributed by atoms with E-state index in [1.807, 2.05) is 7.05 Å². The van der Waals surface area contributed by atoms with Gasteiger partial charge in [0.05, 0.1) is 10.5 Å². The molecule has 1 saturated heterocycles. The minimum atomic E-state index is -3.73. The van der Waals surface area contributed by atoms with E-state index in [-0.39, 0.29) is 35.0 Å². The van der Waals surface area contributed by atoms with Crippen molar-refractivity contribution in [2.24, 2.45) is 0 Å². The van der Waals surface area contributed by atoms with Gasteiger partial charge in [0.2, 0.25) is 10.0 Å². The predicted octanol–water partition coefficient (Wildman–Crippen LogP) is 1.98. The molecule has 1 aromatic heterocycles. The van der Waals surface area contributed by atoms with Crippen LogP contribution in [-0.2, 0) is 32.5 Å². The van der Waals surface area contributed by atoms with E-state index in [1.165, 1.54) is 16.4 Å². The van der Waals surface area contributed by atoms with E-state index in [2.05, 4.69) is 15.2 Å². The number of fused-ring (bicyclic) bond motifs is 2. The van der Waals surface area contributed by atoms with Crippen LogP contribution in [-0.4, -0.2) is 78.6 Å². The molecule has 0 spiro atoms. The standard InChI is InChI=1S/C25H28N4O6S/c1-28-9-11-29(12-10-28)36(34,35)15-5-7-19-17(13-15)18(25(33)27-19)14-21-16(6-8-23(31)32)24-20(26-21)3-2-4-22(24)30/h5,7,13-14,26H,2-4,6,8-12H2,1H3,(H,27,33)(H,31,32)/b18-14-. The first-order valence-corrected chi connectivity index (χ1v) is 13.4. The zero-order chi connectivity index (χ0) is 25.6. The Kier molecular flexibility index (Phi) is 6.31. The highest BCUT2D eigenvalue weighted by atomic mass is 32.2. The number of rotatable bonds is 6. The van der Waals surface area contributed by atoms with E-state index in [0.29, 0.717) is 73.5 Å². The molecule has 11 heteroatoms. The number of H-pyrrole nitrogens is 1. The number of carbonyl (C=O) groups excluding carboxylic acids is 2. The minimum absolute atomic E-state index is 0.0330. The Hall–Kier alpha value is -3.28. The molecule has 0 saturated carbocycles. The molecule has 1 aliphatic carbocycles. The molecule has 0 radical (unpaired) electrons. The molecule has 1 amide bonds. The van der Waals surface area contributed by atoms with Crippen molar-refractivity contribution >= 4 is 45.0 Å². The normalized spacial score (nSPS) is 19.9. The van der Waals surface area contributed by atoms with Gasteiger partial charge < -0.3 is 20.3 Å². The summed E-state index contributed by atoms with van der Waals surface area (Å²) >= 11 is 0. The van der Waals surface area contributed by atoms with E-state index in [1.54, 1.807) is 12.1 Å². The molecule has 1 aromatic carbocycles. The highest BCUT2D eigenvalue weighted by Crippen LogP contribution is 2.37. The van der Waals surface area contributed by atoms with Gasteiger partial charge in [0.25, 0.3) is 5.91 Å². The summed E-state index contributed by atoms with van der Waals surface area (Å²) in [6, 6.07) is 4.60. The van der Waals surface area contributed by atoms with E-state index in [9.17, 15) is 27.9 Å². The summed E-state index contributed by atoms with van der Waals surface area (Å²) in [5.74, 6) is -1.40. The fourth-order valence-electron chi connectivity index (χ4n) is 5.10. The average Bonchev–Trinajstić information content (AvgIpc) is 3.35. The van der Waals surface area contributed by atoms with E-state index in [4.69, 9.17) is 0 Å². The number of ketones is 1. The lowest BCUT2D eigenvalue weighted by Crippen LogP contribution is -2.47.